The Bertz CT molecular complexity index is 524. The number of hydrogen-bond acceptors (Lipinski definition) is 4. The van der Waals surface area contributed by atoms with E-state index in [2.05, 4.69) is 11.9 Å². The van der Waals surface area contributed by atoms with E-state index in [1.165, 1.54) is 11.3 Å². The van der Waals surface area contributed by atoms with Gasteiger partial charge in [-0.2, -0.15) is 0 Å². The van der Waals surface area contributed by atoms with Crippen LogP contribution in [0.1, 0.15) is 43.2 Å². The lowest BCUT2D eigenvalue weighted by molar-refractivity contribution is 0.00127. The lowest BCUT2D eigenvalue weighted by atomic mass is 9.79. The average Bonchev–Trinajstić information content (AvgIpc) is 3.03. The quantitative estimate of drug-likeness (QED) is 0.876. The molecule has 0 aliphatic heterocycles. The van der Waals surface area contributed by atoms with Gasteiger partial charge in [-0.05, 0) is 30.5 Å². The Morgan fingerprint density at radius 2 is 2.00 bits per heavy atom. The number of hydrogen-bond donors (Lipinski definition) is 1. The van der Waals surface area contributed by atoms with Crippen LogP contribution >= 0.6 is 11.3 Å². The van der Waals surface area contributed by atoms with Gasteiger partial charge in [-0.15, -0.1) is 11.3 Å². The first kappa shape index (κ1) is 15.0. The zero-order chi connectivity index (χ0) is 14.6. The average molecular weight is 291 g/mol. The van der Waals surface area contributed by atoms with Crippen molar-refractivity contribution in [1.82, 2.24) is 4.98 Å². The molecule has 0 aliphatic rings. The Morgan fingerprint density at radius 3 is 2.45 bits per heavy atom. The summed E-state index contributed by atoms with van der Waals surface area (Å²) in [5.41, 5.74) is 0.213. The Kier molecular flexibility index (Phi) is 4.78. The summed E-state index contributed by atoms with van der Waals surface area (Å²) < 4.78 is 5.19. The second kappa shape index (κ2) is 6.37. The Balaban J connectivity index is 2.38. The summed E-state index contributed by atoms with van der Waals surface area (Å²) in [6.45, 7) is 4.11. The minimum absolute atomic E-state index is 0.0320. The fraction of sp³-hybridized carbons (Fsp3) is 0.438. The van der Waals surface area contributed by atoms with E-state index in [4.69, 9.17) is 4.74 Å². The third kappa shape index (κ3) is 2.72. The molecule has 2 aromatic rings. The third-order valence-electron chi connectivity index (χ3n) is 3.84. The van der Waals surface area contributed by atoms with Crippen LogP contribution < -0.4 is 4.74 Å². The van der Waals surface area contributed by atoms with Crippen molar-refractivity contribution in [2.75, 3.05) is 7.11 Å². The van der Waals surface area contributed by atoms with Crippen LogP contribution in [0.5, 0.6) is 5.75 Å². The predicted molar refractivity (Wildman–Crippen MR) is 82.3 cm³/mol. The van der Waals surface area contributed by atoms with Gasteiger partial charge in [-0.3, -0.25) is 0 Å². The highest BCUT2D eigenvalue weighted by Gasteiger charge is 2.38. The molecule has 0 unspecified atom stereocenters. The van der Waals surface area contributed by atoms with Gasteiger partial charge in [0.25, 0.3) is 0 Å². The van der Waals surface area contributed by atoms with Crippen molar-refractivity contribution in [2.24, 2.45) is 0 Å². The molecule has 0 fully saturated rings. The number of ether oxygens (including phenoxy) is 1. The highest BCUT2D eigenvalue weighted by atomic mass is 32.1. The van der Waals surface area contributed by atoms with Crippen LogP contribution in [0.25, 0.3) is 0 Å². The van der Waals surface area contributed by atoms with Crippen molar-refractivity contribution in [1.29, 1.82) is 0 Å². The number of methoxy groups -OCH3 is 1. The summed E-state index contributed by atoms with van der Waals surface area (Å²) in [6, 6.07) is 7.94. The Morgan fingerprint density at radius 1 is 1.30 bits per heavy atom. The van der Waals surface area contributed by atoms with Crippen molar-refractivity contribution in [3.05, 3.63) is 46.4 Å². The van der Waals surface area contributed by atoms with Gasteiger partial charge >= 0.3 is 0 Å². The summed E-state index contributed by atoms with van der Waals surface area (Å²) in [4.78, 5) is 4.33. The third-order valence-corrected chi connectivity index (χ3v) is 4.78. The summed E-state index contributed by atoms with van der Waals surface area (Å²) in [5.74, 6) is 0.863. The Labute approximate surface area is 124 Å². The highest BCUT2D eigenvalue weighted by Crippen LogP contribution is 2.42. The molecule has 1 aromatic carbocycles. The molecule has 2 rings (SSSR count). The second-order valence-electron chi connectivity index (χ2n) is 4.85. The van der Waals surface area contributed by atoms with Gasteiger partial charge in [0.15, 0.2) is 0 Å². The molecule has 0 bridgehead atoms. The molecule has 108 valence electrons. The minimum atomic E-state index is -0.905. The monoisotopic (exact) mass is 291 g/mol. The lowest BCUT2D eigenvalue weighted by Gasteiger charge is -2.33. The van der Waals surface area contributed by atoms with Crippen LogP contribution in [-0.4, -0.2) is 17.2 Å². The molecule has 0 aliphatic carbocycles. The van der Waals surface area contributed by atoms with E-state index in [9.17, 15) is 5.11 Å². The van der Waals surface area contributed by atoms with Crippen molar-refractivity contribution < 1.29 is 9.84 Å². The van der Waals surface area contributed by atoms with Gasteiger partial charge in [-0.25, -0.2) is 4.98 Å². The van der Waals surface area contributed by atoms with E-state index in [1.54, 1.807) is 13.3 Å². The van der Waals surface area contributed by atoms with Crippen molar-refractivity contribution in [2.45, 2.75) is 38.2 Å². The number of thiazole rings is 1. The molecule has 1 N–H and O–H groups in total. The smallest absolute Gasteiger partial charge is 0.125 e. The molecule has 0 saturated carbocycles. The fourth-order valence-electron chi connectivity index (χ4n) is 2.67. The van der Waals surface area contributed by atoms with Crippen LogP contribution in [0.15, 0.2) is 35.8 Å². The molecule has 2 atom stereocenters. The van der Waals surface area contributed by atoms with E-state index in [1.807, 2.05) is 36.6 Å². The molecule has 0 radical (unpaired) electrons. The second-order valence-corrected chi connectivity index (χ2v) is 5.74. The van der Waals surface area contributed by atoms with Crippen LogP contribution in [0, 0.1) is 0 Å². The zero-order valence-corrected chi connectivity index (χ0v) is 13.0. The number of benzene rings is 1. The van der Waals surface area contributed by atoms with Crippen molar-refractivity contribution >= 4 is 11.3 Å². The molecule has 0 amide bonds. The topological polar surface area (TPSA) is 42.4 Å². The highest BCUT2D eigenvalue weighted by molar-refractivity contribution is 7.09. The summed E-state index contributed by atoms with van der Waals surface area (Å²) >= 11 is 1.51. The number of aliphatic hydroxyl groups is 1. The van der Waals surface area contributed by atoms with Gasteiger partial charge in [0, 0.05) is 17.5 Å². The summed E-state index contributed by atoms with van der Waals surface area (Å²) in [5, 5.41) is 13.8. The minimum Gasteiger partial charge on any atom is -0.497 e. The van der Waals surface area contributed by atoms with Crippen LogP contribution in [0.2, 0.25) is 0 Å². The van der Waals surface area contributed by atoms with Crippen LogP contribution in [0.4, 0.5) is 0 Å². The first-order valence-electron chi connectivity index (χ1n) is 6.92. The number of nitrogens with zero attached hydrogens (tertiary/aromatic N) is 1. The number of rotatable bonds is 6. The van der Waals surface area contributed by atoms with E-state index >= 15 is 0 Å². The molecule has 0 saturated heterocycles. The molecule has 1 heterocycles. The van der Waals surface area contributed by atoms with Crippen molar-refractivity contribution in [3.8, 4) is 5.75 Å². The molecule has 0 spiro atoms. The standard InChI is InChI=1S/C16H21NO2S/c1-4-14(12-6-8-13(19-3)9-7-12)16(18,5-2)15-17-10-11-20-15/h6-11,14,18H,4-5H2,1-3H3/t14-,16-/m1/s1. The number of aromatic nitrogens is 1. The van der Waals surface area contributed by atoms with Crippen LogP contribution in [0.3, 0.4) is 0 Å². The first-order valence-corrected chi connectivity index (χ1v) is 7.80. The molecule has 3 nitrogen and oxygen atoms in total. The maximum atomic E-state index is 11.1. The van der Waals surface area contributed by atoms with E-state index in [0.29, 0.717) is 6.42 Å². The SMILES string of the molecule is CC[C@H](c1ccc(OC)cc1)[C@](O)(CC)c1nccs1. The summed E-state index contributed by atoms with van der Waals surface area (Å²) in [6.07, 6.45) is 3.25. The van der Waals surface area contributed by atoms with E-state index in [-0.39, 0.29) is 5.92 Å². The Hall–Kier alpha value is -1.39. The van der Waals surface area contributed by atoms with Crippen LogP contribution in [-0.2, 0) is 5.60 Å². The normalized spacial score (nSPS) is 15.6. The maximum Gasteiger partial charge on any atom is 0.125 e. The molecule has 1 aromatic heterocycles. The fourth-order valence-corrected chi connectivity index (χ4v) is 3.53. The van der Waals surface area contributed by atoms with Crippen molar-refractivity contribution in [3.63, 3.8) is 0 Å². The first-order chi connectivity index (χ1) is 9.65. The van der Waals surface area contributed by atoms with Gasteiger partial charge in [0.1, 0.15) is 16.4 Å². The largest absolute Gasteiger partial charge is 0.497 e. The van der Waals surface area contributed by atoms with E-state index < -0.39 is 5.60 Å². The summed E-state index contributed by atoms with van der Waals surface area (Å²) in [7, 11) is 1.66. The predicted octanol–water partition coefficient (Wildman–Crippen LogP) is 3.94. The molecule has 4 heteroatoms. The lowest BCUT2D eigenvalue weighted by Crippen LogP contribution is -2.32. The zero-order valence-electron chi connectivity index (χ0n) is 12.2. The molecule has 20 heavy (non-hydrogen) atoms. The molecular formula is C16H21NO2S. The maximum absolute atomic E-state index is 11.1. The van der Waals surface area contributed by atoms with Gasteiger partial charge < -0.3 is 9.84 Å². The van der Waals surface area contributed by atoms with Gasteiger partial charge in [-0.1, -0.05) is 26.0 Å². The van der Waals surface area contributed by atoms with Gasteiger partial charge in [0.05, 0.1) is 7.11 Å². The molecular weight excluding hydrogens is 270 g/mol. The van der Waals surface area contributed by atoms with E-state index in [0.717, 1.165) is 22.7 Å². The van der Waals surface area contributed by atoms with Gasteiger partial charge in [0.2, 0.25) is 0 Å².